The van der Waals surface area contributed by atoms with Crippen molar-refractivity contribution < 1.29 is 8.42 Å². The topological polar surface area (TPSA) is 34.1 Å². The summed E-state index contributed by atoms with van der Waals surface area (Å²) in [6, 6.07) is 30.3. The number of rotatable bonds is 6. The minimum Gasteiger partial charge on any atom is -0.218 e. The molecule has 0 atom stereocenters. The first-order valence-electron chi connectivity index (χ1n) is 9.84. The molecule has 0 aliphatic carbocycles. The number of sulfone groups is 1. The van der Waals surface area contributed by atoms with Crippen LogP contribution in [-0.2, 0) is 22.7 Å². The molecule has 5 heteroatoms. The zero-order chi connectivity index (χ0) is 21.8. The Morgan fingerprint density at radius 2 is 0.806 bits per heavy atom. The van der Waals surface area contributed by atoms with Crippen LogP contribution in [0, 0.1) is 0 Å². The molecule has 4 aromatic carbocycles. The van der Waals surface area contributed by atoms with Gasteiger partial charge < -0.3 is 0 Å². The molecule has 0 aliphatic heterocycles. The van der Waals surface area contributed by atoms with Gasteiger partial charge in [0, 0.05) is 8.95 Å². The fourth-order valence-corrected chi connectivity index (χ4v) is 6.21. The van der Waals surface area contributed by atoms with Crippen molar-refractivity contribution in [3.05, 3.63) is 128 Å². The van der Waals surface area contributed by atoms with Crippen LogP contribution in [0.25, 0.3) is 0 Å². The highest BCUT2D eigenvalue weighted by Gasteiger charge is 2.24. The van der Waals surface area contributed by atoms with E-state index >= 15 is 0 Å². The van der Waals surface area contributed by atoms with Gasteiger partial charge >= 0.3 is 0 Å². The van der Waals surface area contributed by atoms with Crippen LogP contribution in [0.4, 0.5) is 0 Å². The van der Waals surface area contributed by atoms with Gasteiger partial charge in [-0.05, 0) is 59.4 Å². The largest absolute Gasteiger partial charge is 0.218 e. The monoisotopic (exact) mass is 554 g/mol. The maximum atomic E-state index is 13.8. The van der Waals surface area contributed by atoms with Crippen LogP contribution in [0.2, 0.25) is 0 Å². The number of hydrogen-bond acceptors (Lipinski definition) is 2. The molecule has 0 fully saturated rings. The maximum absolute atomic E-state index is 13.8. The highest BCUT2D eigenvalue weighted by atomic mass is 79.9. The summed E-state index contributed by atoms with van der Waals surface area (Å²) in [5.41, 5.74) is 3.66. The Bertz CT molecular complexity index is 1230. The van der Waals surface area contributed by atoms with Crippen LogP contribution in [0.3, 0.4) is 0 Å². The van der Waals surface area contributed by atoms with Gasteiger partial charge in [-0.25, -0.2) is 8.42 Å². The van der Waals surface area contributed by atoms with Gasteiger partial charge in [-0.15, -0.1) is 0 Å². The van der Waals surface area contributed by atoms with E-state index in [9.17, 15) is 8.42 Å². The van der Waals surface area contributed by atoms with E-state index in [-0.39, 0.29) is 0 Å². The Balaban J connectivity index is 1.77. The van der Waals surface area contributed by atoms with Crippen molar-refractivity contribution in [1.82, 2.24) is 0 Å². The van der Waals surface area contributed by atoms with Crippen LogP contribution in [0.15, 0.2) is 116 Å². The molecule has 0 unspecified atom stereocenters. The van der Waals surface area contributed by atoms with Crippen molar-refractivity contribution in [1.29, 1.82) is 0 Å². The molecular formula is C26H20Br2O2S. The zero-order valence-electron chi connectivity index (χ0n) is 16.6. The Morgan fingerprint density at radius 3 is 1.19 bits per heavy atom. The lowest BCUT2D eigenvalue weighted by atomic mass is 10.1. The molecule has 0 heterocycles. The molecule has 0 amide bonds. The molecule has 156 valence electrons. The van der Waals surface area contributed by atoms with Crippen molar-refractivity contribution in [2.24, 2.45) is 0 Å². The van der Waals surface area contributed by atoms with Gasteiger partial charge in [0.05, 0.1) is 9.79 Å². The van der Waals surface area contributed by atoms with Gasteiger partial charge in [0.15, 0.2) is 0 Å². The average molecular weight is 556 g/mol. The molecule has 4 rings (SSSR count). The molecule has 0 aromatic heterocycles. The molecule has 4 aromatic rings. The molecule has 0 radical (unpaired) electrons. The van der Waals surface area contributed by atoms with E-state index in [1.165, 1.54) is 0 Å². The molecule has 0 saturated heterocycles. The Morgan fingerprint density at radius 1 is 0.484 bits per heavy atom. The second kappa shape index (κ2) is 9.51. The van der Waals surface area contributed by atoms with Gasteiger partial charge in [0.1, 0.15) is 0 Å². The van der Waals surface area contributed by atoms with Gasteiger partial charge in [0.25, 0.3) is 0 Å². The van der Waals surface area contributed by atoms with Gasteiger partial charge in [-0.2, -0.15) is 0 Å². The fraction of sp³-hybridized carbons (Fsp3) is 0.0769. The van der Waals surface area contributed by atoms with E-state index in [2.05, 4.69) is 31.9 Å². The van der Waals surface area contributed by atoms with Gasteiger partial charge in [-0.3, -0.25) is 0 Å². The van der Waals surface area contributed by atoms with Crippen LogP contribution in [-0.4, -0.2) is 8.42 Å². The Labute approximate surface area is 200 Å². The predicted octanol–water partition coefficient (Wildman–Crippen LogP) is 7.23. The summed E-state index contributed by atoms with van der Waals surface area (Å²) >= 11 is 7.15. The van der Waals surface area contributed by atoms with E-state index in [4.69, 9.17) is 0 Å². The molecule has 0 aliphatic rings. The third kappa shape index (κ3) is 4.84. The first kappa shape index (κ1) is 22.0. The van der Waals surface area contributed by atoms with E-state index in [1.54, 1.807) is 24.3 Å². The summed E-state index contributed by atoms with van der Waals surface area (Å²) in [4.78, 5) is 0.704. The molecule has 0 bridgehead atoms. The van der Waals surface area contributed by atoms with Crippen molar-refractivity contribution in [2.75, 3.05) is 0 Å². The maximum Gasteiger partial charge on any atom is 0.207 e. The molecule has 0 saturated carbocycles. The third-order valence-corrected chi connectivity index (χ3v) is 8.70. The van der Waals surface area contributed by atoms with E-state index < -0.39 is 9.84 Å². The lowest BCUT2D eigenvalue weighted by molar-refractivity contribution is 0.594. The molecular weight excluding hydrogens is 536 g/mol. The lowest BCUT2D eigenvalue weighted by Gasteiger charge is -2.15. The molecule has 0 spiro atoms. The number of halogens is 2. The minimum absolute atomic E-state index is 0.352. The second-order valence-corrected chi connectivity index (χ2v) is 10.9. The van der Waals surface area contributed by atoms with E-state index in [1.807, 2.05) is 72.8 Å². The molecule has 31 heavy (non-hydrogen) atoms. The second-order valence-electron chi connectivity index (χ2n) is 7.26. The average Bonchev–Trinajstić information content (AvgIpc) is 2.77. The Hall–Kier alpha value is -2.21. The molecule has 2 nitrogen and oxygen atoms in total. The number of hydrogen-bond donors (Lipinski definition) is 0. The van der Waals surface area contributed by atoms with E-state index in [0.29, 0.717) is 22.6 Å². The SMILES string of the molecule is O=S(=O)(c1ccccc1Cc1ccccc1Br)c1ccccc1Cc1ccccc1Br. The number of benzene rings is 4. The smallest absolute Gasteiger partial charge is 0.207 e. The lowest BCUT2D eigenvalue weighted by Crippen LogP contribution is -2.09. The summed E-state index contributed by atoms with van der Waals surface area (Å²) in [5, 5.41) is 0. The van der Waals surface area contributed by atoms with Gasteiger partial charge in [-0.1, -0.05) is 105 Å². The summed E-state index contributed by atoms with van der Waals surface area (Å²) < 4.78 is 29.5. The highest BCUT2D eigenvalue weighted by molar-refractivity contribution is 9.10. The molecule has 0 N–H and O–H groups in total. The standard InChI is InChI=1S/C26H20Br2O2S/c27-23-13-5-1-9-19(23)17-21-11-3-7-15-25(21)31(29,30)26-16-8-4-12-22(26)18-20-10-2-6-14-24(20)28/h1-16H,17-18H2. The minimum atomic E-state index is -3.70. The quantitative estimate of drug-likeness (QED) is 0.251. The first-order chi connectivity index (χ1) is 15.0. The van der Waals surface area contributed by atoms with Crippen molar-refractivity contribution in [2.45, 2.75) is 22.6 Å². The summed E-state index contributed by atoms with van der Waals surface area (Å²) in [6.45, 7) is 0. The van der Waals surface area contributed by atoms with Crippen LogP contribution in [0.5, 0.6) is 0 Å². The fourth-order valence-electron chi connectivity index (χ4n) is 3.64. The van der Waals surface area contributed by atoms with Crippen LogP contribution >= 0.6 is 31.9 Å². The van der Waals surface area contributed by atoms with Crippen LogP contribution < -0.4 is 0 Å². The summed E-state index contributed by atoms with van der Waals surface area (Å²) in [6.07, 6.45) is 1.06. The summed E-state index contributed by atoms with van der Waals surface area (Å²) in [7, 11) is -3.70. The third-order valence-electron chi connectivity index (χ3n) is 5.20. The predicted molar refractivity (Wildman–Crippen MR) is 132 cm³/mol. The van der Waals surface area contributed by atoms with E-state index in [0.717, 1.165) is 31.2 Å². The first-order valence-corrected chi connectivity index (χ1v) is 12.9. The summed E-state index contributed by atoms with van der Waals surface area (Å²) in [5.74, 6) is 0. The van der Waals surface area contributed by atoms with Gasteiger partial charge in [0.2, 0.25) is 9.84 Å². The Kier molecular flexibility index (Phi) is 6.75. The van der Waals surface area contributed by atoms with Crippen molar-refractivity contribution in [3.8, 4) is 0 Å². The van der Waals surface area contributed by atoms with Crippen molar-refractivity contribution >= 4 is 41.7 Å². The van der Waals surface area contributed by atoms with Crippen molar-refractivity contribution in [3.63, 3.8) is 0 Å². The van der Waals surface area contributed by atoms with Crippen LogP contribution in [0.1, 0.15) is 22.3 Å². The zero-order valence-corrected chi connectivity index (χ0v) is 20.6. The normalized spacial score (nSPS) is 11.4. The highest BCUT2D eigenvalue weighted by Crippen LogP contribution is 2.31.